The summed E-state index contributed by atoms with van der Waals surface area (Å²) in [4.78, 5) is 5.04. The van der Waals surface area contributed by atoms with Gasteiger partial charge in [0, 0.05) is 31.9 Å². The van der Waals surface area contributed by atoms with Gasteiger partial charge in [0.05, 0.1) is 7.11 Å². The van der Waals surface area contributed by atoms with E-state index in [1.165, 1.54) is 37.3 Å². The van der Waals surface area contributed by atoms with Crippen molar-refractivity contribution in [3.8, 4) is 5.75 Å². The van der Waals surface area contributed by atoms with E-state index in [4.69, 9.17) is 4.74 Å². The van der Waals surface area contributed by atoms with Crippen LogP contribution in [0.5, 0.6) is 5.75 Å². The van der Waals surface area contributed by atoms with Crippen molar-refractivity contribution >= 4 is 5.69 Å². The highest BCUT2D eigenvalue weighted by Crippen LogP contribution is 2.25. The van der Waals surface area contributed by atoms with Gasteiger partial charge < -0.3 is 9.64 Å². The Bertz CT molecular complexity index is 384. The molecule has 18 heavy (non-hydrogen) atoms. The Balaban J connectivity index is 2.01. The summed E-state index contributed by atoms with van der Waals surface area (Å²) in [5, 5.41) is 0. The molecule has 100 valence electrons. The van der Waals surface area contributed by atoms with Crippen LogP contribution in [0, 0.1) is 6.92 Å². The number of anilines is 1. The van der Waals surface area contributed by atoms with E-state index in [1.54, 1.807) is 7.11 Å². The van der Waals surface area contributed by atoms with Crippen molar-refractivity contribution in [1.82, 2.24) is 4.90 Å². The van der Waals surface area contributed by atoms with Gasteiger partial charge in [-0.05, 0) is 43.7 Å². The van der Waals surface area contributed by atoms with Gasteiger partial charge in [-0.1, -0.05) is 6.92 Å². The summed E-state index contributed by atoms with van der Waals surface area (Å²) in [6.45, 7) is 10.3. The van der Waals surface area contributed by atoms with E-state index in [0.717, 1.165) is 18.8 Å². The lowest BCUT2D eigenvalue weighted by Gasteiger charge is -2.36. The van der Waals surface area contributed by atoms with E-state index in [-0.39, 0.29) is 0 Å². The van der Waals surface area contributed by atoms with Gasteiger partial charge in [-0.3, -0.25) is 4.90 Å². The topological polar surface area (TPSA) is 15.7 Å². The summed E-state index contributed by atoms with van der Waals surface area (Å²) < 4.78 is 5.26. The molecular weight excluding hydrogens is 224 g/mol. The van der Waals surface area contributed by atoms with Crippen molar-refractivity contribution < 1.29 is 4.74 Å². The third-order valence-corrected chi connectivity index (χ3v) is 3.66. The Kier molecular flexibility index (Phi) is 4.48. The summed E-state index contributed by atoms with van der Waals surface area (Å²) in [5.74, 6) is 0.945. The van der Waals surface area contributed by atoms with E-state index in [1.807, 2.05) is 0 Å². The van der Waals surface area contributed by atoms with E-state index in [9.17, 15) is 0 Å². The summed E-state index contributed by atoms with van der Waals surface area (Å²) >= 11 is 0. The molecule has 0 atom stereocenters. The second-order valence-corrected chi connectivity index (χ2v) is 4.98. The lowest BCUT2D eigenvalue weighted by atomic mass is 10.1. The van der Waals surface area contributed by atoms with Crippen LogP contribution in [-0.2, 0) is 0 Å². The van der Waals surface area contributed by atoms with E-state index in [0.29, 0.717) is 0 Å². The molecule has 1 aliphatic heterocycles. The van der Waals surface area contributed by atoms with Crippen LogP contribution in [0.15, 0.2) is 18.2 Å². The van der Waals surface area contributed by atoms with Crippen molar-refractivity contribution in [1.29, 1.82) is 0 Å². The minimum atomic E-state index is 0.945. The molecular formula is C15H24N2O. The summed E-state index contributed by atoms with van der Waals surface area (Å²) in [5.41, 5.74) is 2.66. The molecule has 3 nitrogen and oxygen atoms in total. The van der Waals surface area contributed by atoms with Crippen LogP contribution in [0.3, 0.4) is 0 Å². The molecule has 1 saturated heterocycles. The molecule has 1 heterocycles. The third-order valence-electron chi connectivity index (χ3n) is 3.66. The van der Waals surface area contributed by atoms with Gasteiger partial charge in [0.15, 0.2) is 0 Å². The first-order chi connectivity index (χ1) is 8.74. The summed E-state index contributed by atoms with van der Waals surface area (Å²) in [6, 6.07) is 6.36. The van der Waals surface area contributed by atoms with Crippen molar-refractivity contribution in [2.75, 3.05) is 44.7 Å². The van der Waals surface area contributed by atoms with Crippen LogP contribution in [0.4, 0.5) is 5.69 Å². The number of benzene rings is 1. The Morgan fingerprint density at radius 1 is 1.17 bits per heavy atom. The first kappa shape index (κ1) is 13.2. The number of nitrogens with zero attached hydrogens (tertiary/aromatic N) is 2. The maximum Gasteiger partial charge on any atom is 0.119 e. The molecule has 1 aromatic carbocycles. The Morgan fingerprint density at radius 3 is 2.44 bits per heavy atom. The van der Waals surface area contributed by atoms with Gasteiger partial charge >= 0.3 is 0 Å². The fourth-order valence-corrected chi connectivity index (χ4v) is 2.64. The first-order valence-electron chi connectivity index (χ1n) is 6.86. The molecule has 0 radical (unpaired) electrons. The second-order valence-electron chi connectivity index (χ2n) is 4.98. The highest BCUT2D eigenvalue weighted by molar-refractivity contribution is 5.56. The average molecular weight is 248 g/mol. The second kappa shape index (κ2) is 6.10. The van der Waals surface area contributed by atoms with E-state index in [2.05, 4.69) is 41.8 Å². The van der Waals surface area contributed by atoms with Crippen LogP contribution in [0.2, 0.25) is 0 Å². The van der Waals surface area contributed by atoms with Crippen molar-refractivity contribution in [3.63, 3.8) is 0 Å². The number of rotatable bonds is 4. The molecule has 1 aliphatic rings. The maximum atomic E-state index is 5.26. The van der Waals surface area contributed by atoms with Gasteiger partial charge in [-0.15, -0.1) is 0 Å². The third kappa shape index (κ3) is 2.96. The number of methoxy groups -OCH3 is 1. The molecule has 0 unspecified atom stereocenters. The zero-order valence-corrected chi connectivity index (χ0v) is 11.8. The van der Waals surface area contributed by atoms with Crippen LogP contribution in [0.25, 0.3) is 0 Å². The average Bonchev–Trinajstić information content (AvgIpc) is 2.40. The molecule has 0 amide bonds. The fraction of sp³-hybridized carbons (Fsp3) is 0.600. The maximum absolute atomic E-state index is 5.26. The normalized spacial score (nSPS) is 16.9. The summed E-state index contributed by atoms with van der Waals surface area (Å²) in [6.07, 6.45) is 1.25. The van der Waals surface area contributed by atoms with E-state index >= 15 is 0 Å². The Morgan fingerprint density at radius 2 is 1.89 bits per heavy atom. The minimum Gasteiger partial charge on any atom is -0.497 e. The predicted octanol–water partition coefficient (Wildman–Crippen LogP) is 2.54. The zero-order chi connectivity index (χ0) is 13.0. The molecule has 0 bridgehead atoms. The Labute approximate surface area is 110 Å². The largest absolute Gasteiger partial charge is 0.497 e. The van der Waals surface area contributed by atoms with Crippen LogP contribution in [-0.4, -0.2) is 44.7 Å². The molecule has 2 rings (SSSR count). The first-order valence-corrected chi connectivity index (χ1v) is 6.86. The molecule has 0 aromatic heterocycles. The predicted molar refractivity (Wildman–Crippen MR) is 76.7 cm³/mol. The smallest absolute Gasteiger partial charge is 0.119 e. The zero-order valence-electron chi connectivity index (χ0n) is 11.8. The minimum absolute atomic E-state index is 0.945. The van der Waals surface area contributed by atoms with Crippen LogP contribution >= 0.6 is 0 Å². The van der Waals surface area contributed by atoms with Crippen molar-refractivity contribution in [3.05, 3.63) is 23.8 Å². The van der Waals surface area contributed by atoms with Gasteiger partial charge in [0.25, 0.3) is 0 Å². The number of ether oxygens (including phenoxy) is 1. The van der Waals surface area contributed by atoms with Crippen molar-refractivity contribution in [2.24, 2.45) is 0 Å². The molecule has 0 N–H and O–H groups in total. The molecule has 1 aromatic rings. The highest BCUT2D eigenvalue weighted by atomic mass is 16.5. The standard InChI is InChI=1S/C15H24N2O/c1-4-7-16-8-10-17(11-9-16)15-6-5-14(18-3)12-13(15)2/h5-6,12H,4,7-11H2,1-3H3. The van der Waals surface area contributed by atoms with Crippen LogP contribution in [0.1, 0.15) is 18.9 Å². The fourth-order valence-electron chi connectivity index (χ4n) is 2.64. The molecule has 0 saturated carbocycles. The van der Waals surface area contributed by atoms with Crippen LogP contribution < -0.4 is 9.64 Å². The number of hydrogen-bond donors (Lipinski definition) is 0. The van der Waals surface area contributed by atoms with Gasteiger partial charge in [-0.25, -0.2) is 0 Å². The molecule has 1 fully saturated rings. The van der Waals surface area contributed by atoms with E-state index < -0.39 is 0 Å². The van der Waals surface area contributed by atoms with Gasteiger partial charge in [-0.2, -0.15) is 0 Å². The van der Waals surface area contributed by atoms with Crippen molar-refractivity contribution in [2.45, 2.75) is 20.3 Å². The Hall–Kier alpha value is -1.22. The molecule has 0 spiro atoms. The lowest BCUT2D eigenvalue weighted by Crippen LogP contribution is -2.46. The number of piperazine rings is 1. The molecule has 0 aliphatic carbocycles. The SMILES string of the molecule is CCCN1CCN(c2ccc(OC)cc2C)CC1. The summed E-state index contributed by atoms with van der Waals surface area (Å²) in [7, 11) is 1.72. The monoisotopic (exact) mass is 248 g/mol. The number of hydrogen-bond acceptors (Lipinski definition) is 3. The number of aryl methyl sites for hydroxylation is 1. The highest BCUT2D eigenvalue weighted by Gasteiger charge is 2.17. The lowest BCUT2D eigenvalue weighted by molar-refractivity contribution is 0.258. The molecule has 3 heteroatoms. The quantitative estimate of drug-likeness (QED) is 0.814. The van der Waals surface area contributed by atoms with Gasteiger partial charge in [0.2, 0.25) is 0 Å². The van der Waals surface area contributed by atoms with Gasteiger partial charge in [0.1, 0.15) is 5.75 Å².